The number of pyridine rings is 1. The summed E-state index contributed by atoms with van der Waals surface area (Å²) in [5, 5.41) is 17.4. The molecule has 0 fully saturated rings. The van der Waals surface area contributed by atoms with Gasteiger partial charge >= 0.3 is 18.1 Å². The lowest BCUT2D eigenvalue weighted by molar-refractivity contribution is -0.192. The summed E-state index contributed by atoms with van der Waals surface area (Å²) in [6, 6.07) is 16.8. The Bertz CT molecular complexity index is 1000. The molecule has 3 rings (SSSR count). The highest BCUT2D eigenvalue weighted by Crippen LogP contribution is 2.27. The fraction of sp³-hybridized carbons (Fsp3) is 0.105. The van der Waals surface area contributed by atoms with Crippen LogP contribution in [-0.4, -0.2) is 33.3 Å². The summed E-state index contributed by atoms with van der Waals surface area (Å²) in [5.74, 6) is -3.67. The largest absolute Gasteiger partial charge is 0.490 e. The molecule has 0 aliphatic heterocycles. The highest BCUT2D eigenvalue weighted by atomic mass is 19.4. The van der Waals surface area contributed by atoms with Crippen molar-refractivity contribution in [1.82, 2.24) is 4.98 Å². The number of benzene rings is 2. The third kappa shape index (κ3) is 5.04. The van der Waals surface area contributed by atoms with Crippen molar-refractivity contribution >= 4 is 22.8 Å². The van der Waals surface area contributed by atoms with Gasteiger partial charge in [-0.1, -0.05) is 30.3 Å². The van der Waals surface area contributed by atoms with Crippen molar-refractivity contribution in [3.8, 4) is 11.1 Å². The number of aliphatic carboxylic acids is 1. The standard InChI is InChI=1S/C17H13NO2.C2HF3O2/c1-11-6-7-13-10-12(8-9-16(13)18-11)14-4-2-3-5-15(14)17(19)20;3-2(4,5)1(6)7/h2-10H,1H3,(H,19,20);(H,6,7). The molecule has 1 aromatic heterocycles. The third-order valence-corrected chi connectivity index (χ3v) is 3.54. The first-order chi connectivity index (χ1) is 12.6. The maximum absolute atomic E-state index is 11.3. The molecular formula is C19H14F3NO4. The predicted octanol–water partition coefficient (Wildman–Crippen LogP) is 4.54. The molecule has 2 aromatic carbocycles. The summed E-state index contributed by atoms with van der Waals surface area (Å²) in [6.45, 7) is 1.95. The zero-order valence-corrected chi connectivity index (χ0v) is 14.0. The number of carboxylic acids is 2. The van der Waals surface area contributed by atoms with Crippen LogP contribution < -0.4 is 0 Å². The van der Waals surface area contributed by atoms with E-state index in [1.807, 2.05) is 49.4 Å². The second kappa shape index (κ2) is 7.86. The van der Waals surface area contributed by atoms with E-state index >= 15 is 0 Å². The fourth-order valence-electron chi connectivity index (χ4n) is 2.32. The van der Waals surface area contributed by atoms with Gasteiger partial charge in [-0.3, -0.25) is 4.98 Å². The Morgan fingerprint density at radius 3 is 2.19 bits per heavy atom. The molecule has 140 valence electrons. The topological polar surface area (TPSA) is 87.5 Å². The van der Waals surface area contributed by atoms with E-state index in [1.165, 1.54) is 0 Å². The lowest BCUT2D eigenvalue weighted by Crippen LogP contribution is -2.21. The van der Waals surface area contributed by atoms with E-state index in [-0.39, 0.29) is 0 Å². The van der Waals surface area contributed by atoms with E-state index in [9.17, 15) is 23.1 Å². The molecule has 2 N–H and O–H groups in total. The van der Waals surface area contributed by atoms with E-state index < -0.39 is 18.1 Å². The van der Waals surface area contributed by atoms with E-state index in [1.54, 1.807) is 12.1 Å². The molecule has 0 amide bonds. The van der Waals surface area contributed by atoms with Crippen LogP contribution in [0.25, 0.3) is 22.0 Å². The quantitative estimate of drug-likeness (QED) is 0.685. The molecule has 0 saturated carbocycles. The smallest absolute Gasteiger partial charge is 0.478 e. The van der Waals surface area contributed by atoms with Crippen molar-refractivity contribution in [3.63, 3.8) is 0 Å². The molecule has 5 nitrogen and oxygen atoms in total. The molecule has 0 aliphatic carbocycles. The van der Waals surface area contributed by atoms with Crippen LogP contribution in [0.2, 0.25) is 0 Å². The Kier molecular flexibility index (Phi) is 5.79. The van der Waals surface area contributed by atoms with Gasteiger partial charge in [0.05, 0.1) is 11.1 Å². The average molecular weight is 377 g/mol. The van der Waals surface area contributed by atoms with Gasteiger partial charge in [-0.15, -0.1) is 0 Å². The number of halogens is 3. The third-order valence-electron chi connectivity index (χ3n) is 3.54. The molecule has 0 bridgehead atoms. The Labute approximate surface area is 151 Å². The summed E-state index contributed by atoms with van der Waals surface area (Å²) in [5.41, 5.74) is 3.81. The number of alkyl halides is 3. The minimum absolute atomic E-state index is 0.312. The number of aryl methyl sites for hydroxylation is 1. The van der Waals surface area contributed by atoms with Gasteiger partial charge in [-0.2, -0.15) is 13.2 Å². The molecule has 0 radical (unpaired) electrons. The molecule has 27 heavy (non-hydrogen) atoms. The Morgan fingerprint density at radius 2 is 1.59 bits per heavy atom. The van der Waals surface area contributed by atoms with Gasteiger partial charge < -0.3 is 10.2 Å². The van der Waals surface area contributed by atoms with E-state index in [2.05, 4.69) is 4.98 Å². The first-order valence-corrected chi connectivity index (χ1v) is 7.60. The van der Waals surface area contributed by atoms with Gasteiger partial charge in [0, 0.05) is 11.1 Å². The van der Waals surface area contributed by atoms with Crippen molar-refractivity contribution in [2.45, 2.75) is 13.1 Å². The van der Waals surface area contributed by atoms with Crippen LogP contribution in [0.1, 0.15) is 16.1 Å². The van der Waals surface area contributed by atoms with Crippen molar-refractivity contribution in [2.24, 2.45) is 0 Å². The Hall–Kier alpha value is -3.42. The molecule has 8 heteroatoms. The van der Waals surface area contributed by atoms with Crippen LogP contribution in [0.4, 0.5) is 13.2 Å². The van der Waals surface area contributed by atoms with Crippen LogP contribution in [-0.2, 0) is 4.79 Å². The SMILES string of the molecule is Cc1ccc2cc(-c3ccccc3C(=O)O)ccc2n1.O=C(O)C(F)(F)F. The summed E-state index contributed by atoms with van der Waals surface area (Å²) in [7, 11) is 0. The molecule has 0 saturated heterocycles. The molecule has 0 spiro atoms. The first-order valence-electron chi connectivity index (χ1n) is 7.60. The zero-order chi connectivity index (χ0) is 20.2. The number of fused-ring (bicyclic) bond motifs is 1. The first kappa shape index (κ1) is 19.9. The van der Waals surface area contributed by atoms with Gasteiger partial charge in [0.1, 0.15) is 0 Å². The Morgan fingerprint density at radius 1 is 0.963 bits per heavy atom. The summed E-state index contributed by atoms with van der Waals surface area (Å²) < 4.78 is 31.7. The number of aromatic carboxylic acids is 1. The molecule has 1 heterocycles. The van der Waals surface area contributed by atoms with Crippen LogP contribution in [0.3, 0.4) is 0 Å². The lowest BCUT2D eigenvalue weighted by Gasteiger charge is -2.07. The van der Waals surface area contributed by atoms with Gasteiger partial charge in [-0.05, 0) is 42.3 Å². The van der Waals surface area contributed by atoms with Crippen LogP contribution in [0.5, 0.6) is 0 Å². The number of hydrogen-bond donors (Lipinski definition) is 2. The Balaban J connectivity index is 0.000000321. The van der Waals surface area contributed by atoms with Crippen LogP contribution in [0, 0.1) is 6.92 Å². The zero-order valence-electron chi connectivity index (χ0n) is 14.0. The molecule has 0 aliphatic rings. The number of hydrogen-bond acceptors (Lipinski definition) is 3. The van der Waals surface area contributed by atoms with Crippen LogP contribution >= 0.6 is 0 Å². The summed E-state index contributed by atoms with van der Waals surface area (Å²) >= 11 is 0. The number of carboxylic acid groups (broad SMARTS) is 2. The highest BCUT2D eigenvalue weighted by Gasteiger charge is 2.38. The normalized spacial score (nSPS) is 10.8. The minimum Gasteiger partial charge on any atom is -0.478 e. The monoisotopic (exact) mass is 377 g/mol. The van der Waals surface area contributed by atoms with Crippen molar-refractivity contribution in [1.29, 1.82) is 0 Å². The number of nitrogens with zero attached hydrogens (tertiary/aromatic N) is 1. The van der Waals surface area contributed by atoms with Crippen molar-refractivity contribution < 1.29 is 33.0 Å². The number of carbonyl (C=O) groups is 2. The number of rotatable bonds is 2. The average Bonchev–Trinajstić information content (AvgIpc) is 2.61. The van der Waals surface area contributed by atoms with Crippen molar-refractivity contribution in [3.05, 3.63) is 65.9 Å². The molecule has 3 aromatic rings. The van der Waals surface area contributed by atoms with E-state index in [4.69, 9.17) is 9.90 Å². The van der Waals surface area contributed by atoms with Gasteiger partial charge in [0.25, 0.3) is 0 Å². The van der Waals surface area contributed by atoms with Gasteiger partial charge in [0.15, 0.2) is 0 Å². The van der Waals surface area contributed by atoms with Gasteiger partial charge in [0.2, 0.25) is 0 Å². The highest BCUT2D eigenvalue weighted by molar-refractivity contribution is 5.97. The second-order valence-corrected chi connectivity index (χ2v) is 5.51. The molecular weight excluding hydrogens is 363 g/mol. The maximum atomic E-state index is 11.3. The van der Waals surface area contributed by atoms with E-state index in [0.717, 1.165) is 27.7 Å². The number of aromatic nitrogens is 1. The minimum atomic E-state index is -5.08. The fourth-order valence-corrected chi connectivity index (χ4v) is 2.32. The lowest BCUT2D eigenvalue weighted by atomic mass is 9.98. The maximum Gasteiger partial charge on any atom is 0.490 e. The summed E-state index contributed by atoms with van der Waals surface area (Å²) in [6.07, 6.45) is -5.08. The molecule has 0 atom stereocenters. The molecule has 0 unspecified atom stereocenters. The van der Waals surface area contributed by atoms with Crippen molar-refractivity contribution in [2.75, 3.05) is 0 Å². The van der Waals surface area contributed by atoms with Crippen LogP contribution in [0.15, 0.2) is 54.6 Å². The predicted molar refractivity (Wildman–Crippen MR) is 92.6 cm³/mol. The summed E-state index contributed by atoms with van der Waals surface area (Å²) in [4.78, 5) is 24.6. The van der Waals surface area contributed by atoms with E-state index in [0.29, 0.717) is 5.56 Å². The second-order valence-electron chi connectivity index (χ2n) is 5.51. The van der Waals surface area contributed by atoms with Gasteiger partial charge in [-0.25, -0.2) is 9.59 Å².